The van der Waals surface area contributed by atoms with Gasteiger partial charge >= 0.3 is 0 Å². The summed E-state index contributed by atoms with van der Waals surface area (Å²) in [4.78, 5) is 25.1. The third-order valence-electron chi connectivity index (χ3n) is 3.09. The molecule has 0 bridgehead atoms. The zero-order chi connectivity index (χ0) is 14.5. The Hall–Kier alpha value is -1.56. The second-order valence-corrected chi connectivity index (χ2v) is 5.59. The van der Waals surface area contributed by atoms with Crippen LogP contribution in [0.1, 0.15) is 13.3 Å². The summed E-state index contributed by atoms with van der Waals surface area (Å²) in [6, 6.07) is 7.09. The highest BCUT2D eigenvalue weighted by Crippen LogP contribution is 2.17. The first-order chi connectivity index (χ1) is 9.56. The van der Waals surface area contributed by atoms with Crippen molar-refractivity contribution >= 4 is 27.7 Å². The standard InChI is InChI=1S/C14H17BrN2O3/c1-10-14(19)17(6-5-13(18)16-10)7-8-20-12-4-2-3-11(15)9-12/h2-4,9-10H,5-8H2,1H3,(H,16,18). The van der Waals surface area contributed by atoms with Gasteiger partial charge in [-0.3, -0.25) is 9.59 Å². The van der Waals surface area contributed by atoms with Crippen molar-refractivity contribution in [2.75, 3.05) is 19.7 Å². The van der Waals surface area contributed by atoms with E-state index >= 15 is 0 Å². The number of rotatable bonds is 4. The molecule has 0 spiro atoms. The molecule has 0 aromatic heterocycles. The van der Waals surface area contributed by atoms with Crippen molar-refractivity contribution in [1.29, 1.82) is 0 Å². The lowest BCUT2D eigenvalue weighted by molar-refractivity contribution is -0.133. The number of amides is 2. The van der Waals surface area contributed by atoms with Crippen LogP contribution in [0.5, 0.6) is 5.75 Å². The van der Waals surface area contributed by atoms with Gasteiger partial charge in [0.2, 0.25) is 11.8 Å². The van der Waals surface area contributed by atoms with Crippen LogP contribution < -0.4 is 10.1 Å². The van der Waals surface area contributed by atoms with E-state index in [4.69, 9.17) is 4.74 Å². The van der Waals surface area contributed by atoms with Gasteiger partial charge in [-0.25, -0.2) is 0 Å². The quantitative estimate of drug-likeness (QED) is 0.904. The Morgan fingerprint density at radius 3 is 3.00 bits per heavy atom. The maximum Gasteiger partial charge on any atom is 0.244 e. The lowest BCUT2D eigenvalue weighted by Crippen LogP contribution is -2.43. The van der Waals surface area contributed by atoms with Gasteiger partial charge in [-0.1, -0.05) is 22.0 Å². The molecule has 1 aliphatic rings. The lowest BCUT2D eigenvalue weighted by Gasteiger charge is -2.22. The fourth-order valence-corrected chi connectivity index (χ4v) is 2.43. The Balaban J connectivity index is 1.86. The molecule has 5 nitrogen and oxygen atoms in total. The predicted molar refractivity (Wildman–Crippen MR) is 78.4 cm³/mol. The van der Waals surface area contributed by atoms with E-state index in [1.807, 2.05) is 24.3 Å². The molecule has 1 saturated heterocycles. The Morgan fingerprint density at radius 1 is 1.45 bits per heavy atom. The topological polar surface area (TPSA) is 58.6 Å². The van der Waals surface area contributed by atoms with E-state index in [0.717, 1.165) is 10.2 Å². The number of hydrogen-bond donors (Lipinski definition) is 1. The molecular formula is C14H17BrN2O3. The molecule has 1 fully saturated rings. The molecule has 6 heteroatoms. The molecule has 1 N–H and O–H groups in total. The van der Waals surface area contributed by atoms with Gasteiger partial charge in [-0.2, -0.15) is 0 Å². The van der Waals surface area contributed by atoms with Crippen molar-refractivity contribution in [3.8, 4) is 5.75 Å². The first-order valence-corrected chi connectivity index (χ1v) is 7.32. The second-order valence-electron chi connectivity index (χ2n) is 4.67. The van der Waals surface area contributed by atoms with Crippen molar-refractivity contribution in [2.45, 2.75) is 19.4 Å². The largest absolute Gasteiger partial charge is 0.492 e. The van der Waals surface area contributed by atoms with Gasteiger partial charge in [0, 0.05) is 17.4 Å². The molecule has 20 heavy (non-hydrogen) atoms. The van der Waals surface area contributed by atoms with Crippen molar-refractivity contribution in [2.24, 2.45) is 0 Å². The second kappa shape index (κ2) is 6.74. The summed E-state index contributed by atoms with van der Waals surface area (Å²) in [5, 5.41) is 2.66. The number of hydrogen-bond acceptors (Lipinski definition) is 3. The molecule has 2 amide bonds. The first kappa shape index (κ1) is 14.8. The van der Waals surface area contributed by atoms with E-state index in [1.165, 1.54) is 0 Å². The molecule has 0 aliphatic carbocycles. The van der Waals surface area contributed by atoms with Crippen molar-refractivity contribution in [3.63, 3.8) is 0 Å². The van der Waals surface area contributed by atoms with E-state index in [2.05, 4.69) is 21.2 Å². The maximum absolute atomic E-state index is 12.0. The molecule has 1 heterocycles. The van der Waals surface area contributed by atoms with Crippen molar-refractivity contribution in [3.05, 3.63) is 28.7 Å². The summed E-state index contributed by atoms with van der Waals surface area (Å²) in [6.07, 6.45) is 0.340. The normalized spacial score (nSPS) is 19.5. The molecule has 108 valence electrons. The fraction of sp³-hybridized carbons (Fsp3) is 0.429. The van der Waals surface area contributed by atoms with Crippen LogP contribution in [0.3, 0.4) is 0 Å². The van der Waals surface area contributed by atoms with Gasteiger partial charge in [0.15, 0.2) is 0 Å². The van der Waals surface area contributed by atoms with Crippen LogP contribution >= 0.6 is 15.9 Å². The molecule has 0 radical (unpaired) electrons. The summed E-state index contributed by atoms with van der Waals surface area (Å²) in [6.45, 7) is 3.03. The Bertz CT molecular complexity index is 507. The molecular weight excluding hydrogens is 324 g/mol. The van der Waals surface area contributed by atoms with E-state index in [-0.39, 0.29) is 11.8 Å². The van der Waals surface area contributed by atoms with E-state index in [0.29, 0.717) is 26.1 Å². The lowest BCUT2D eigenvalue weighted by atomic mass is 10.3. The first-order valence-electron chi connectivity index (χ1n) is 6.53. The number of benzene rings is 1. The molecule has 1 aromatic rings. The molecule has 0 saturated carbocycles. The Kier molecular flexibility index (Phi) is 5.00. The summed E-state index contributed by atoms with van der Waals surface area (Å²) in [5.74, 6) is 0.610. The molecule has 1 unspecified atom stereocenters. The van der Waals surface area contributed by atoms with Crippen LogP contribution in [0, 0.1) is 0 Å². The van der Waals surface area contributed by atoms with E-state index in [9.17, 15) is 9.59 Å². The van der Waals surface area contributed by atoms with E-state index in [1.54, 1.807) is 11.8 Å². The Morgan fingerprint density at radius 2 is 2.25 bits per heavy atom. The zero-order valence-electron chi connectivity index (χ0n) is 11.3. The van der Waals surface area contributed by atoms with Crippen molar-refractivity contribution < 1.29 is 14.3 Å². The fourth-order valence-electron chi connectivity index (χ4n) is 2.05. The monoisotopic (exact) mass is 340 g/mol. The van der Waals surface area contributed by atoms with Crippen LogP contribution in [0.15, 0.2) is 28.7 Å². The highest BCUT2D eigenvalue weighted by Gasteiger charge is 2.26. The van der Waals surface area contributed by atoms with Crippen LogP contribution in [-0.2, 0) is 9.59 Å². The Labute approximate surface area is 126 Å². The highest BCUT2D eigenvalue weighted by atomic mass is 79.9. The van der Waals surface area contributed by atoms with Gasteiger partial charge in [0.1, 0.15) is 18.4 Å². The summed E-state index contributed by atoms with van der Waals surface area (Å²) in [5.41, 5.74) is 0. The minimum atomic E-state index is -0.462. The third kappa shape index (κ3) is 3.96. The SMILES string of the molecule is CC1NC(=O)CCN(CCOc2cccc(Br)c2)C1=O. The minimum Gasteiger partial charge on any atom is -0.492 e. The third-order valence-corrected chi connectivity index (χ3v) is 3.59. The molecule has 1 aliphatic heterocycles. The number of carbonyl (C=O) groups excluding carboxylic acids is 2. The van der Waals surface area contributed by atoms with Gasteiger partial charge in [0.05, 0.1) is 6.54 Å². The summed E-state index contributed by atoms with van der Waals surface area (Å²) in [7, 11) is 0. The van der Waals surface area contributed by atoms with Gasteiger partial charge in [-0.05, 0) is 25.1 Å². The zero-order valence-corrected chi connectivity index (χ0v) is 12.9. The van der Waals surface area contributed by atoms with Crippen LogP contribution in [0.4, 0.5) is 0 Å². The minimum absolute atomic E-state index is 0.0614. The number of nitrogens with one attached hydrogen (secondary N) is 1. The van der Waals surface area contributed by atoms with E-state index < -0.39 is 6.04 Å². The number of carbonyl (C=O) groups is 2. The van der Waals surface area contributed by atoms with Gasteiger partial charge < -0.3 is 15.0 Å². The summed E-state index contributed by atoms with van der Waals surface area (Å²) < 4.78 is 6.56. The average molecular weight is 341 g/mol. The molecule has 1 atom stereocenters. The van der Waals surface area contributed by atoms with Crippen molar-refractivity contribution in [1.82, 2.24) is 10.2 Å². The van der Waals surface area contributed by atoms with Gasteiger partial charge in [0.25, 0.3) is 0 Å². The molecule has 2 rings (SSSR count). The van der Waals surface area contributed by atoms with Crippen LogP contribution in [-0.4, -0.2) is 42.5 Å². The van der Waals surface area contributed by atoms with Gasteiger partial charge in [-0.15, -0.1) is 0 Å². The highest BCUT2D eigenvalue weighted by molar-refractivity contribution is 9.10. The smallest absolute Gasteiger partial charge is 0.244 e. The predicted octanol–water partition coefficient (Wildman–Crippen LogP) is 1.56. The van der Waals surface area contributed by atoms with Crippen LogP contribution in [0.2, 0.25) is 0 Å². The molecule has 1 aromatic carbocycles. The number of nitrogens with zero attached hydrogens (tertiary/aromatic N) is 1. The maximum atomic E-state index is 12.0. The number of halogens is 1. The number of ether oxygens (including phenoxy) is 1. The summed E-state index contributed by atoms with van der Waals surface area (Å²) >= 11 is 3.37. The van der Waals surface area contributed by atoms with Crippen LogP contribution in [0.25, 0.3) is 0 Å². The average Bonchev–Trinajstić information content (AvgIpc) is 2.52.